The molecule has 0 aromatic carbocycles. The quantitative estimate of drug-likeness (QED) is 0.832. The lowest BCUT2D eigenvalue weighted by Crippen LogP contribution is -2.52. The van der Waals surface area contributed by atoms with Crippen molar-refractivity contribution in [3.8, 4) is 0 Å². The van der Waals surface area contributed by atoms with Crippen LogP contribution in [0.1, 0.15) is 34.1 Å². The number of aliphatic carboxylic acids is 1. The molecule has 3 atom stereocenters. The molecule has 2 rings (SSSR count). The fourth-order valence-corrected chi connectivity index (χ4v) is 3.90. The van der Waals surface area contributed by atoms with Crippen molar-refractivity contribution in [2.75, 3.05) is 5.75 Å². The van der Waals surface area contributed by atoms with E-state index in [2.05, 4.69) is 19.2 Å². The van der Waals surface area contributed by atoms with Crippen LogP contribution in [0.15, 0.2) is 0 Å². The molecule has 108 valence electrons. The first-order valence-electron chi connectivity index (χ1n) is 6.67. The Hall–Kier alpha value is -0.910. The van der Waals surface area contributed by atoms with Gasteiger partial charge in [-0.1, -0.05) is 27.7 Å². The highest BCUT2D eigenvalue weighted by atomic mass is 32.2. The fraction of sp³-hybridized carbons (Fsp3) is 0.846. The summed E-state index contributed by atoms with van der Waals surface area (Å²) in [5, 5.41) is 12.2. The van der Waals surface area contributed by atoms with Crippen LogP contribution < -0.4 is 5.32 Å². The summed E-state index contributed by atoms with van der Waals surface area (Å²) in [4.78, 5) is 25.1. The van der Waals surface area contributed by atoms with Crippen molar-refractivity contribution in [2.45, 2.75) is 51.6 Å². The molecule has 0 radical (unpaired) electrons. The molecule has 0 bridgehead atoms. The number of hydrogen-bond donors (Lipinski definition) is 2. The summed E-state index contributed by atoms with van der Waals surface area (Å²) < 4.78 is 0. The summed E-state index contributed by atoms with van der Waals surface area (Å²) in [6.07, 6.45) is 0.962. The van der Waals surface area contributed by atoms with Gasteiger partial charge in [0.15, 0.2) is 0 Å². The maximum Gasteiger partial charge on any atom is 0.327 e. The number of carbonyl (C=O) groups excluding carboxylic acids is 1. The first-order valence-corrected chi connectivity index (χ1v) is 7.72. The summed E-state index contributed by atoms with van der Waals surface area (Å²) >= 11 is 1.55. The van der Waals surface area contributed by atoms with Gasteiger partial charge in [0, 0.05) is 11.8 Å². The molecule has 2 fully saturated rings. The maximum atomic E-state index is 12.4. The lowest BCUT2D eigenvalue weighted by atomic mass is 10.1. The summed E-state index contributed by atoms with van der Waals surface area (Å²) in [6, 6.07) is -0.765. The number of amides is 2. The number of carbonyl (C=O) groups is 2. The molecule has 6 heteroatoms. The van der Waals surface area contributed by atoms with Crippen LogP contribution in [-0.4, -0.2) is 45.2 Å². The monoisotopic (exact) mass is 286 g/mol. The minimum Gasteiger partial charge on any atom is -0.480 e. The molecule has 0 aromatic heterocycles. The van der Waals surface area contributed by atoms with Gasteiger partial charge in [0.05, 0.1) is 5.37 Å². The third-order valence-electron chi connectivity index (χ3n) is 3.94. The van der Waals surface area contributed by atoms with Crippen molar-refractivity contribution in [1.29, 1.82) is 0 Å². The highest BCUT2D eigenvalue weighted by molar-refractivity contribution is 8.00. The molecule has 0 spiro atoms. The second-order valence-electron chi connectivity index (χ2n) is 6.42. The fourth-order valence-electron chi connectivity index (χ4n) is 2.43. The second kappa shape index (κ2) is 4.89. The molecular formula is C13H22N2O3S. The van der Waals surface area contributed by atoms with E-state index in [-0.39, 0.29) is 28.8 Å². The van der Waals surface area contributed by atoms with E-state index >= 15 is 0 Å². The number of hydrogen-bond acceptors (Lipinski definition) is 3. The van der Waals surface area contributed by atoms with Gasteiger partial charge in [-0.3, -0.25) is 4.90 Å². The van der Waals surface area contributed by atoms with Gasteiger partial charge in [0.25, 0.3) is 0 Å². The zero-order valence-corrected chi connectivity index (χ0v) is 12.7. The largest absolute Gasteiger partial charge is 0.480 e. The van der Waals surface area contributed by atoms with E-state index in [1.807, 2.05) is 13.8 Å². The number of thioether (sulfide) groups is 1. The number of nitrogens with one attached hydrogen (secondary N) is 1. The van der Waals surface area contributed by atoms with E-state index in [9.17, 15) is 14.7 Å². The number of urea groups is 1. The summed E-state index contributed by atoms with van der Waals surface area (Å²) in [6.45, 7) is 8.24. The molecule has 3 unspecified atom stereocenters. The van der Waals surface area contributed by atoms with Crippen molar-refractivity contribution >= 4 is 23.8 Å². The van der Waals surface area contributed by atoms with E-state index in [0.29, 0.717) is 5.75 Å². The van der Waals surface area contributed by atoms with Gasteiger partial charge in [-0.05, 0) is 17.8 Å². The van der Waals surface area contributed by atoms with Crippen molar-refractivity contribution in [3.63, 3.8) is 0 Å². The van der Waals surface area contributed by atoms with E-state index in [4.69, 9.17) is 0 Å². The molecule has 1 aliphatic carbocycles. The smallest absolute Gasteiger partial charge is 0.327 e. The highest BCUT2D eigenvalue weighted by Gasteiger charge is 2.49. The van der Waals surface area contributed by atoms with Crippen molar-refractivity contribution < 1.29 is 14.7 Å². The molecule has 1 heterocycles. The molecule has 1 saturated heterocycles. The SMILES string of the molecule is CC(C)C1SCC(C(=O)O)N1C(=O)NC1CC1(C)C. The van der Waals surface area contributed by atoms with Gasteiger partial charge in [0.1, 0.15) is 6.04 Å². The Labute approximate surface area is 118 Å². The van der Waals surface area contributed by atoms with Crippen LogP contribution in [0.5, 0.6) is 0 Å². The average molecular weight is 286 g/mol. The van der Waals surface area contributed by atoms with Gasteiger partial charge >= 0.3 is 12.0 Å². The predicted molar refractivity (Wildman–Crippen MR) is 75.1 cm³/mol. The minimum atomic E-state index is -0.916. The third kappa shape index (κ3) is 2.83. The minimum absolute atomic E-state index is 0.0528. The lowest BCUT2D eigenvalue weighted by Gasteiger charge is -2.30. The second-order valence-corrected chi connectivity index (χ2v) is 7.57. The molecule has 5 nitrogen and oxygen atoms in total. The molecule has 2 N–H and O–H groups in total. The topological polar surface area (TPSA) is 69.6 Å². The van der Waals surface area contributed by atoms with Gasteiger partial charge in [-0.15, -0.1) is 11.8 Å². The van der Waals surface area contributed by atoms with Crippen LogP contribution >= 0.6 is 11.8 Å². The average Bonchev–Trinajstić information content (AvgIpc) is 2.76. The van der Waals surface area contributed by atoms with Gasteiger partial charge in [-0.2, -0.15) is 0 Å². The number of nitrogens with zero attached hydrogens (tertiary/aromatic N) is 1. The number of rotatable bonds is 3. The van der Waals surface area contributed by atoms with Crippen LogP contribution in [0, 0.1) is 11.3 Å². The van der Waals surface area contributed by atoms with Gasteiger partial charge < -0.3 is 10.4 Å². The Morgan fingerprint density at radius 1 is 1.42 bits per heavy atom. The molecule has 1 saturated carbocycles. The van der Waals surface area contributed by atoms with Crippen LogP contribution in [0.3, 0.4) is 0 Å². The summed E-state index contributed by atoms with van der Waals surface area (Å²) in [5.41, 5.74) is 0.147. The molecule has 0 aromatic rings. The van der Waals surface area contributed by atoms with Crippen LogP contribution in [0.2, 0.25) is 0 Å². The Kier molecular flexibility index (Phi) is 3.73. The molecule has 19 heavy (non-hydrogen) atoms. The Morgan fingerprint density at radius 2 is 2.00 bits per heavy atom. The van der Waals surface area contributed by atoms with Gasteiger partial charge in [0.2, 0.25) is 0 Å². The first-order chi connectivity index (χ1) is 8.74. The van der Waals surface area contributed by atoms with Crippen molar-refractivity contribution in [2.24, 2.45) is 11.3 Å². The molecule has 2 amide bonds. The summed E-state index contributed by atoms with van der Waals surface area (Å²) in [5.74, 6) is -0.201. The normalized spacial score (nSPS) is 32.5. The van der Waals surface area contributed by atoms with E-state index < -0.39 is 12.0 Å². The number of carboxylic acid groups (broad SMARTS) is 1. The lowest BCUT2D eigenvalue weighted by molar-refractivity contribution is -0.141. The summed E-state index contributed by atoms with van der Waals surface area (Å²) in [7, 11) is 0. The first kappa shape index (κ1) is 14.5. The molecular weight excluding hydrogens is 264 g/mol. The van der Waals surface area contributed by atoms with E-state index in [1.54, 1.807) is 11.8 Å². The third-order valence-corrected chi connectivity index (χ3v) is 5.56. The zero-order valence-electron chi connectivity index (χ0n) is 11.8. The van der Waals surface area contributed by atoms with Crippen molar-refractivity contribution in [3.05, 3.63) is 0 Å². The molecule has 1 aliphatic heterocycles. The standard InChI is InChI=1S/C13H22N2O3S/c1-7(2)10-15(8(6-19-10)11(16)17)12(18)14-9-5-13(9,3)4/h7-10H,5-6H2,1-4H3,(H,14,18)(H,16,17). The maximum absolute atomic E-state index is 12.4. The Morgan fingerprint density at radius 3 is 2.42 bits per heavy atom. The van der Waals surface area contributed by atoms with Gasteiger partial charge in [-0.25, -0.2) is 9.59 Å². The molecule has 2 aliphatic rings. The van der Waals surface area contributed by atoms with Crippen molar-refractivity contribution in [1.82, 2.24) is 10.2 Å². The number of carboxylic acids is 1. The van der Waals surface area contributed by atoms with Crippen LogP contribution in [0.25, 0.3) is 0 Å². The van der Waals surface area contributed by atoms with Crippen LogP contribution in [0.4, 0.5) is 4.79 Å². The van der Waals surface area contributed by atoms with Crippen LogP contribution in [-0.2, 0) is 4.79 Å². The Bertz CT molecular complexity index is 397. The highest BCUT2D eigenvalue weighted by Crippen LogP contribution is 2.45. The Balaban J connectivity index is 2.08. The van der Waals surface area contributed by atoms with E-state index in [1.165, 1.54) is 4.90 Å². The predicted octanol–water partition coefficient (Wildman–Crippen LogP) is 1.98. The zero-order chi connectivity index (χ0) is 14.4. The van der Waals surface area contributed by atoms with E-state index in [0.717, 1.165) is 6.42 Å².